The fraction of sp³-hybridized carbons (Fsp3) is 0.143. The lowest BCUT2D eigenvalue weighted by Crippen LogP contribution is -2.10. The average molecular weight is 422 g/mol. The van der Waals surface area contributed by atoms with Gasteiger partial charge in [0.05, 0.1) is 16.8 Å². The molecule has 0 saturated carbocycles. The minimum absolute atomic E-state index is 0.264. The topological polar surface area (TPSA) is 95.1 Å². The quantitative estimate of drug-likeness (QED) is 0.367. The molecule has 0 fully saturated rings. The van der Waals surface area contributed by atoms with Crippen LogP contribution in [0, 0.1) is 0 Å². The van der Waals surface area contributed by atoms with Crippen LogP contribution in [-0.2, 0) is 4.79 Å². The largest absolute Gasteiger partial charge is 0.363 e. The molecule has 1 aromatic carbocycles. The number of amides is 1. The van der Waals surface area contributed by atoms with Gasteiger partial charge in [0.15, 0.2) is 0 Å². The molecule has 30 heavy (non-hydrogen) atoms. The molecule has 1 amide bonds. The Labute approximate surface area is 179 Å². The molecular formula is C21H23N7OS. The van der Waals surface area contributed by atoms with Crippen LogP contribution in [0.1, 0.15) is 0 Å². The van der Waals surface area contributed by atoms with Crippen LogP contribution in [0.3, 0.4) is 0 Å². The minimum atomic E-state index is -0.264. The predicted molar refractivity (Wildman–Crippen MR) is 124 cm³/mol. The number of hydrogen-bond acceptors (Lipinski definition) is 8. The van der Waals surface area contributed by atoms with E-state index in [1.54, 1.807) is 18.5 Å². The number of carbonyl (C=O) groups excluding carboxylic acids is 1. The summed E-state index contributed by atoms with van der Waals surface area (Å²) in [6.45, 7) is 3.47. The molecule has 0 radical (unpaired) electrons. The highest BCUT2D eigenvalue weighted by atomic mass is 32.2. The molecule has 0 atom stereocenters. The van der Waals surface area contributed by atoms with Gasteiger partial charge in [0.25, 0.3) is 0 Å². The SMILES string of the molecule is C=CC(=O)Nc1cccc(Nc2nc(Nc3ccc(N(C)C)nc3)ncc2SC)c1. The fourth-order valence-corrected chi connectivity index (χ4v) is 2.98. The fourth-order valence-electron chi connectivity index (χ4n) is 2.53. The summed E-state index contributed by atoms with van der Waals surface area (Å²) in [6.07, 6.45) is 6.68. The summed E-state index contributed by atoms with van der Waals surface area (Å²) in [5.41, 5.74) is 2.24. The zero-order valence-electron chi connectivity index (χ0n) is 17.0. The lowest BCUT2D eigenvalue weighted by Gasteiger charge is -2.14. The van der Waals surface area contributed by atoms with Gasteiger partial charge in [-0.1, -0.05) is 12.6 Å². The van der Waals surface area contributed by atoms with Gasteiger partial charge in [-0.25, -0.2) is 9.97 Å². The average Bonchev–Trinajstić information content (AvgIpc) is 2.74. The van der Waals surface area contributed by atoms with Crippen molar-refractivity contribution in [3.63, 3.8) is 0 Å². The van der Waals surface area contributed by atoms with Crippen molar-refractivity contribution in [1.29, 1.82) is 0 Å². The first-order valence-corrected chi connectivity index (χ1v) is 10.3. The summed E-state index contributed by atoms with van der Waals surface area (Å²) in [4.78, 5) is 27.7. The van der Waals surface area contributed by atoms with Gasteiger partial charge in [-0.15, -0.1) is 11.8 Å². The molecule has 0 aliphatic carbocycles. The van der Waals surface area contributed by atoms with Gasteiger partial charge < -0.3 is 20.9 Å². The summed E-state index contributed by atoms with van der Waals surface area (Å²) in [6, 6.07) is 11.2. The number of nitrogens with zero attached hydrogens (tertiary/aromatic N) is 4. The highest BCUT2D eigenvalue weighted by molar-refractivity contribution is 7.98. The maximum absolute atomic E-state index is 11.5. The van der Waals surface area contributed by atoms with E-state index in [9.17, 15) is 4.79 Å². The Morgan fingerprint density at radius 3 is 2.53 bits per heavy atom. The van der Waals surface area contributed by atoms with E-state index in [-0.39, 0.29) is 5.91 Å². The van der Waals surface area contributed by atoms with E-state index in [0.717, 1.165) is 22.1 Å². The third-order valence-electron chi connectivity index (χ3n) is 4.02. The number of nitrogens with one attached hydrogen (secondary N) is 3. The van der Waals surface area contributed by atoms with Crippen molar-refractivity contribution in [2.45, 2.75) is 4.90 Å². The first-order valence-electron chi connectivity index (χ1n) is 9.10. The molecule has 0 saturated heterocycles. The van der Waals surface area contributed by atoms with E-state index in [0.29, 0.717) is 17.5 Å². The van der Waals surface area contributed by atoms with Gasteiger partial charge in [-0.2, -0.15) is 4.98 Å². The monoisotopic (exact) mass is 421 g/mol. The first kappa shape index (κ1) is 21.1. The Hall–Kier alpha value is -3.59. The zero-order valence-corrected chi connectivity index (χ0v) is 17.8. The number of anilines is 6. The van der Waals surface area contributed by atoms with E-state index in [4.69, 9.17) is 0 Å². The Morgan fingerprint density at radius 2 is 1.87 bits per heavy atom. The highest BCUT2D eigenvalue weighted by Gasteiger charge is 2.09. The van der Waals surface area contributed by atoms with Gasteiger partial charge in [-0.3, -0.25) is 4.79 Å². The van der Waals surface area contributed by atoms with Gasteiger partial charge in [0, 0.05) is 31.7 Å². The third-order valence-corrected chi connectivity index (χ3v) is 4.75. The van der Waals surface area contributed by atoms with E-state index in [1.165, 1.54) is 17.8 Å². The molecule has 154 valence electrons. The standard InChI is InChI=1S/C21H23N7OS/c1-5-19(29)24-14-7-6-8-15(11-14)25-20-17(30-4)13-23-21(27-20)26-16-9-10-18(22-12-16)28(2)3/h5-13H,1H2,2-4H3,(H,24,29)(H2,23,25,26,27). The molecule has 2 heterocycles. The third kappa shape index (κ3) is 5.48. The Balaban J connectivity index is 1.80. The van der Waals surface area contributed by atoms with Crippen molar-refractivity contribution >= 4 is 52.3 Å². The van der Waals surface area contributed by atoms with E-state index in [1.807, 2.05) is 55.6 Å². The van der Waals surface area contributed by atoms with Crippen LogP contribution in [0.5, 0.6) is 0 Å². The maximum atomic E-state index is 11.5. The van der Waals surface area contributed by atoms with Crippen LogP contribution in [-0.4, -0.2) is 41.2 Å². The maximum Gasteiger partial charge on any atom is 0.247 e. The van der Waals surface area contributed by atoms with Crippen LogP contribution in [0.4, 0.5) is 34.6 Å². The van der Waals surface area contributed by atoms with Crippen molar-refractivity contribution in [2.75, 3.05) is 41.2 Å². The molecule has 2 aromatic heterocycles. The van der Waals surface area contributed by atoms with E-state index >= 15 is 0 Å². The van der Waals surface area contributed by atoms with Crippen LogP contribution in [0.15, 0.2) is 66.3 Å². The van der Waals surface area contributed by atoms with Crippen molar-refractivity contribution in [2.24, 2.45) is 0 Å². The van der Waals surface area contributed by atoms with Crippen molar-refractivity contribution in [3.05, 3.63) is 61.4 Å². The molecule has 3 N–H and O–H groups in total. The molecule has 0 unspecified atom stereocenters. The number of carbonyl (C=O) groups is 1. The van der Waals surface area contributed by atoms with E-state index < -0.39 is 0 Å². The molecule has 8 nitrogen and oxygen atoms in total. The molecule has 0 aliphatic rings. The Kier molecular flexibility index (Phi) is 6.87. The Morgan fingerprint density at radius 1 is 1.07 bits per heavy atom. The molecule has 0 aliphatic heterocycles. The van der Waals surface area contributed by atoms with Crippen molar-refractivity contribution in [1.82, 2.24) is 15.0 Å². The minimum Gasteiger partial charge on any atom is -0.363 e. The molecular weight excluding hydrogens is 398 g/mol. The Bertz CT molecular complexity index is 1040. The summed E-state index contributed by atoms with van der Waals surface area (Å²) in [7, 11) is 3.88. The second-order valence-electron chi connectivity index (χ2n) is 6.43. The smallest absolute Gasteiger partial charge is 0.247 e. The second-order valence-corrected chi connectivity index (χ2v) is 7.28. The summed E-state index contributed by atoms with van der Waals surface area (Å²) >= 11 is 1.54. The van der Waals surface area contributed by atoms with Gasteiger partial charge >= 0.3 is 0 Å². The molecule has 0 bridgehead atoms. The van der Waals surface area contributed by atoms with Gasteiger partial charge in [0.1, 0.15) is 11.6 Å². The van der Waals surface area contributed by atoms with Crippen molar-refractivity contribution < 1.29 is 4.79 Å². The van der Waals surface area contributed by atoms with Crippen LogP contribution >= 0.6 is 11.8 Å². The van der Waals surface area contributed by atoms with Crippen LogP contribution in [0.25, 0.3) is 0 Å². The zero-order chi connectivity index (χ0) is 21.5. The number of pyridine rings is 1. The number of thioether (sulfide) groups is 1. The van der Waals surface area contributed by atoms with Gasteiger partial charge in [-0.05, 0) is 42.7 Å². The first-order chi connectivity index (χ1) is 14.5. The summed E-state index contributed by atoms with van der Waals surface area (Å²) in [5.74, 6) is 1.71. The van der Waals surface area contributed by atoms with Gasteiger partial charge in [0.2, 0.25) is 11.9 Å². The van der Waals surface area contributed by atoms with Crippen LogP contribution in [0.2, 0.25) is 0 Å². The number of aromatic nitrogens is 3. The van der Waals surface area contributed by atoms with E-state index in [2.05, 4.69) is 37.5 Å². The number of rotatable bonds is 8. The lowest BCUT2D eigenvalue weighted by atomic mass is 10.2. The molecule has 0 spiro atoms. The lowest BCUT2D eigenvalue weighted by molar-refractivity contribution is -0.111. The molecule has 3 aromatic rings. The molecule has 3 rings (SSSR count). The highest BCUT2D eigenvalue weighted by Crippen LogP contribution is 2.28. The number of hydrogen-bond donors (Lipinski definition) is 3. The normalized spacial score (nSPS) is 10.2. The van der Waals surface area contributed by atoms with Crippen LogP contribution < -0.4 is 20.9 Å². The number of benzene rings is 1. The second kappa shape index (κ2) is 9.75. The summed E-state index contributed by atoms with van der Waals surface area (Å²) in [5, 5.41) is 9.21. The van der Waals surface area contributed by atoms with Crippen molar-refractivity contribution in [3.8, 4) is 0 Å². The molecule has 9 heteroatoms. The predicted octanol–water partition coefficient (Wildman–Crippen LogP) is 4.27. The summed E-state index contributed by atoms with van der Waals surface area (Å²) < 4.78 is 0.